The minimum absolute atomic E-state index is 0.136. The van der Waals surface area contributed by atoms with Crippen molar-refractivity contribution in [2.45, 2.75) is 11.4 Å². The number of anilines is 1. The van der Waals surface area contributed by atoms with Crippen LogP contribution in [0, 0.1) is 0 Å². The van der Waals surface area contributed by atoms with E-state index in [1.807, 2.05) is 30.3 Å². The minimum atomic E-state index is -4.13. The molecule has 0 heterocycles. The summed E-state index contributed by atoms with van der Waals surface area (Å²) in [6.07, 6.45) is 0. The van der Waals surface area contributed by atoms with Gasteiger partial charge in [-0.15, -0.1) is 0 Å². The summed E-state index contributed by atoms with van der Waals surface area (Å²) in [5, 5.41) is 16.9. The van der Waals surface area contributed by atoms with Crippen LogP contribution < -0.4 is 10.5 Å². The van der Waals surface area contributed by atoms with Gasteiger partial charge < -0.3 is 10.4 Å². The number of nitrogens with two attached hydrogens (primary N) is 1. The quantitative estimate of drug-likeness (QED) is 0.773. The number of hydrogen-bond acceptors (Lipinski definition) is 4. The van der Waals surface area contributed by atoms with E-state index in [4.69, 9.17) is 21.8 Å². The van der Waals surface area contributed by atoms with E-state index in [-0.39, 0.29) is 16.3 Å². The third-order valence-electron chi connectivity index (χ3n) is 2.92. The Morgan fingerprint density at radius 3 is 2.41 bits per heavy atom. The number of aromatic carboxylic acids is 1. The van der Waals surface area contributed by atoms with Gasteiger partial charge in [-0.1, -0.05) is 41.9 Å². The van der Waals surface area contributed by atoms with Crippen molar-refractivity contribution in [3.05, 3.63) is 58.6 Å². The molecule has 0 unspecified atom stereocenters. The average Bonchev–Trinajstić information content (AvgIpc) is 2.45. The SMILES string of the molecule is NS(=O)(=O)c1cc(C(=O)O)cc(NCc2ccccc2)c1Cl. The molecule has 116 valence electrons. The molecule has 2 aromatic rings. The van der Waals surface area contributed by atoms with Crippen molar-refractivity contribution in [3.63, 3.8) is 0 Å². The number of hydrogen-bond donors (Lipinski definition) is 3. The third-order valence-corrected chi connectivity index (χ3v) is 4.37. The molecule has 0 radical (unpaired) electrons. The Morgan fingerprint density at radius 1 is 1.23 bits per heavy atom. The number of carboxylic acid groups (broad SMARTS) is 1. The fraction of sp³-hybridized carbons (Fsp3) is 0.0714. The third kappa shape index (κ3) is 3.76. The molecular formula is C14H13ClN2O4S. The van der Waals surface area contributed by atoms with Gasteiger partial charge in [-0.05, 0) is 17.7 Å². The average molecular weight is 341 g/mol. The van der Waals surface area contributed by atoms with Crippen LogP contribution in [0.4, 0.5) is 5.69 Å². The molecule has 4 N–H and O–H groups in total. The fourth-order valence-corrected chi connectivity index (χ4v) is 3.00. The highest BCUT2D eigenvalue weighted by Gasteiger charge is 2.20. The molecule has 0 aromatic heterocycles. The van der Waals surface area contributed by atoms with Gasteiger partial charge in [-0.2, -0.15) is 0 Å². The van der Waals surface area contributed by atoms with Crippen molar-refractivity contribution in [2.75, 3.05) is 5.32 Å². The van der Waals surface area contributed by atoms with Gasteiger partial charge in [-0.25, -0.2) is 18.4 Å². The first-order valence-corrected chi connectivity index (χ1v) is 8.09. The van der Waals surface area contributed by atoms with Crippen molar-refractivity contribution < 1.29 is 18.3 Å². The van der Waals surface area contributed by atoms with Crippen LogP contribution in [0.15, 0.2) is 47.4 Å². The van der Waals surface area contributed by atoms with Gasteiger partial charge >= 0.3 is 5.97 Å². The highest BCUT2D eigenvalue weighted by atomic mass is 35.5. The van der Waals surface area contributed by atoms with E-state index >= 15 is 0 Å². The molecular weight excluding hydrogens is 328 g/mol. The second-order valence-electron chi connectivity index (χ2n) is 4.53. The Labute approximate surface area is 132 Å². The number of carbonyl (C=O) groups is 1. The highest BCUT2D eigenvalue weighted by molar-refractivity contribution is 7.89. The molecule has 0 atom stereocenters. The Hall–Kier alpha value is -2.09. The number of primary sulfonamides is 1. The molecule has 8 heteroatoms. The van der Waals surface area contributed by atoms with Gasteiger partial charge in [0.15, 0.2) is 0 Å². The van der Waals surface area contributed by atoms with E-state index in [0.717, 1.165) is 11.6 Å². The number of carboxylic acids is 1. The number of benzene rings is 2. The Bertz CT molecular complexity index is 807. The monoisotopic (exact) mass is 340 g/mol. The highest BCUT2D eigenvalue weighted by Crippen LogP contribution is 2.31. The summed E-state index contributed by atoms with van der Waals surface area (Å²) in [6.45, 7) is 0.355. The lowest BCUT2D eigenvalue weighted by Crippen LogP contribution is -2.15. The molecule has 0 fully saturated rings. The first-order chi connectivity index (χ1) is 10.3. The van der Waals surface area contributed by atoms with Gasteiger partial charge in [0, 0.05) is 6.54 Å². The van der Waals surface area contributed by atoms with Crippen LogP contribution in [0.5, 0.6) is 0 Å². The maximum absolute atomic E-state index is 11.5. The molecule has 0 aliphatic rings. The summed E-state index contributed by atoms with van der Waals surface area (Å²) < 4.78 is 23.1. The number of halogens is 1. The van der Waals surface area contributed by atoms with Crippen LogP contribution in [0.25, 0.3) is 0 Å². The lowest BCUT2D eigenvalue weighted by Gasteiger charge is -2.12. The predicted octanol–water partition coefficient (Wildman–Crippen LogP) is 2.30. The Morgan fingerprint density at radius 2 is 1.86 bits per heavy atom. The van der Waals surface area contributed by atoms with Gasteiger partial charge in [0.1, 0.15) is 4.90 Å². The predicted molar refractivity (Wildman–Crippen MR) is 83.6 cm³/mol. The van der Waals surface area contributed by atoms with Crippen LogP contribution in [-0.4, -0.2) is 19.5 Å². The van der Waals surface area contributed by atoms with Crippen LogP contribution in [-0.2, 0) is 16.6 Å². The largest absolute Gasteiger partial charge is 0.478 e. The fourth-order valence-electron chi connectivity index (χ4n) is 1.85. The molecule has 6 nitrogen and oxygen atoms in total. The number of sulfonamides is 1. The first kappa shape index (κ1) is 16.3. The molecule has 0 bridgehead atoms. The molecule has 2 aromatic carbocycles. The van der Waals surface area contributed by atoms with E-state index < -0.39 is 20.9 Å². The zero-order valence-corrected chi connectivity index (χ0v) is 12.9. The van der Waals surface area contributed by atoms with Gasteiger partial charge in [0.25, 0.3) is 0 Å². The van der Waals surface area contributed by atoms with Crippen molar-refractivity contribution in [1.82, 2.24) is 0 Å². The number of nitrogens with one attached hydrogen (secondary N) is 1. The Kier molecular flexibility index (Phi) is 4.70. The van der Waals surface area contributed by atoms with Crippen molar-refractivity contribution in [3.8, 4) is 0 Å². The van der Waals surface area contributed by atoms with E-state index in [0.29, 0.717) is 6.54 Å². The molecule has 0 aliphatic heterocycles. The van der Waals surface area contributed by atoms with Crippen molar-refractivity contribution in [2.24, 2.45) is 5.14 Å². The first-order valence-electron chi connectivity index (χ1n) is 6.16. The second-order valence-corrected chi connectivity index (χ2v) is 6.43. The van der Waals surface area contributed by atoms with E-state index in [1.165, 1.54) is 6.07 Å². The lowest BCUT2D eigenvalue weighted by atomic mass is 10.2. The zero-order valence-electron chi connectivity index (χ0n) is 11.3. The molecule has 22 heavy (non-hydrogen) atoms. The molecule has 0 aliphatic carbocycles. The summed E-state index contributed by atoms with van der Waals surface area (Å²) in [6, 6.07) is 11.5. The summed E-state index contributed by atoms with van der Waals surface area (Å²) in [4.78, 5) is 10.7. The van der Waals surface area contributed by atoms with Crippen molar-refractivity contribution in [1.29, 1.82) is 0 Å². The van der Waals surface area contributed by atoms with E-state index in [9.17, 15) is 13.2 Å². The van der Waals surface area contributed by atoms with Crippen LogP contribution in [0.3, 0.4) is 0 Å². The maximum atomic E-state index is 11.5. The number of rotatable bonds is 5. The minimum Gasteiger partial charge on any atom is -0.478 e. The van der Waals surface area contributed by atoms with Gasteiger partial charge in [-0.3, -0.25) is 0 Å². The molecule has 0 amide bonds. The molecule has 0 saturated heterocycles. The van der Waals surface area contributed by atoms with Crippen LogP contribution >= 0.6 is 11.6 Å². The maximum Gasteiger partial charge on any atom is 0.335 e. The van der Waals surface area contributed by atoms with E-state index in [1.54, 1.807) is 0 Å². The van der Waals surface area contributed by atoms with E-state index in [2.05, 4.69) is 5.32 Å². The molecule has 0 spiro atoms. The summed E-state index contributed by atoms with van der Waals surface area (Å²) in [7, 11) is -4.13. The summed E-state index contributed by atoms with van der Waals surface area (Å²) in [5.41, 5.74) is 0.898. The summed E-state index contributed by atoms with van der Waals surface area (Å²) >= 11 is 6.02. The second kappa shape index (κ2) is 6.35. The molecule has 2 rings (SSSR count). The van der Waals surface area contributed by atoms with Crippen molar-refractivity contribution >= 4 is 33.3 Å². The van der Waals surface area contributed by atoms with Crippen LogP contribution in [0.2, 0.25) is 5.02 Å². The zero-order chi connectivity index (χ0) is 16.3. The normalized spacial score (nSPS) is 11.2. The molecule has 0 saturated carbocycles. The lowest BCUT2D eigenvalue weighted by molar-refractivity contribution is 0.0696. The smallest absolute Gasteiger partial charge is 0.335 e. The van der Waals surface area contributed by atoms with Gasteiger partial charge in [0.2, 0.25) is 10.0 Å². The Balaban J connectivity index is 2.42. The van der Waals surface area contributed by atoms with Gasteiger partial charge in [0.05, 0.1) is 16.3 Å². The standard InChI is InChI=1S/C14H13ClN2O4S/c15-13-11(17-8-9-4-2-1-3-5-9)6-10(14(18)19)7-12(13)22(16,20)21/h1-7,17H,8H2,(H,18,19)(H2,16,20,21). The summed E-state index contributed by atoms with van der Waals surface area (Å²) in [5.74, 6) is -1.27. The van der Waals surface area contributed by atoms with Crippen LogP contribution in [0.1, 0.15) is 15.9 Å². The topological polar surface area (TPSA) is 109 Å².